The summed E-state index contributed by atoms with van der Waals surface area (Å²) in [5.41, 5.74) is 2.76. The Labute approximate surface area is 180 Å². The van der Waals surface area contributed by atoms with Gasteiger partial charge in [0.05, 0.1) is 19.6 Å². The lowest BCUT2D eigenvalue weighted by molar-refractivity contribution is -0.893. The number of rotatable bonds is 7. The quantitative estimate of drug-likeness (QED) is 0.454. The minimum Gasteiger partial charge on any atom is -0.335 e. The van der Waals surface area contributed by atoms with Crippen LogP contribution in [0.4, 0.5) is 0 Å². The lowest BCUT2D eigenvalue weighted by Crippen LogP contribution is -3.11. The summed E-state index contributed by atoms with van der Waals surface area (Å²) < 4.78 is 2.56. The largest absolute Gasteiger partial charge is 0.335 e. The molecule has 0 radical (unpaired) electrons. The number of hydrogen-bond donors (Lipinski definition) is 1. The van der Waals surface area contributed by atoms with Crippen LogP contribution in [0.3, 0.4) is 0 Å². The minimum atomic E-state index is -0.388. The molecule has 0 saturated carbocycles. The number of aromatic nitrogens is 4. The van der Waals surface area contributed by atoms with E-state index in [9.17, 15) is 9.59 Å². The lowest BCUT2D eigenvalue weighted by Gasteiger charge is -2.16. The van der Waals surface area contributed by atoms with Gasteiger partial charge in [0.2, 0.25) is 0 Å². The van der Waals surface area contributed by atoms with Crippen LogP contribution >= 0.6 is 11.8 Å². The number of fused-ring (bicyclic) bond motifs is 1. The topological polar surface area (TPSA) is 74.2 Å². The van der Waals surface area contributed by atoms with E-state index in [2.05, 4.69) is 24.9 Å². The van der Waals surface area contributed by atoms with Crippen molar-refractivity contribution in [2.45, 2.75) is 32.7 Å². The van der Waals surface area contributed by atoms with Crippen molar-refractivity contribution in [1.29, 1.82) is 0 Å². The number of nitrogens with one attached hydrogen (secondary N) is 1. The van der Waals surface area contributed by atoms with Crippen LogP contribution in [0.2, 0.25) is 0 Å². The Morgan fingerprint density at radius 2 is 1.60 bits per heavy atom. The van der Waals surface area contributed by atoms with E-state index in [-0.39, 0.29) is 11.2 Å². The molecule has 3 aromatic rings. The molecule has 2 aromatic heterocycles. The highest BCUT2D eigenvalue weighted by atomic mass is 32.2. The van der Waals surface area contributed by atoms with Gasteiger partial charge >= 0.3 is 5.69 Å². The van der Waals surface area contributed by atoms with E-state index in [0.29, 0.717) is 21.9 Å². The van der Waals surface area contributed by atoms with Crippen molar-refractivity contribution >= 4 is 22.8 Å². The van der Waals surface area contributed by atoms with Gasteiger partial charge in [-0.05, 0) is 39.8 Å². The number of thioether (sulfide) groups is 1. The van der Waals surface area contributed by atoms with E-state index in [4.69, 9.17) is 4.98 Å². The number of benzene rings is 1. The highest BCUT2D eigenvalue weighted by molar-refractivity contribution is 7.99. The van der Waals surface area contributed by atoms with Gasteiger partial charge in [-0.15, -0.1) is 0 Å². The van der Waals surface area contributed by atoms with Crippen LogP contribution in [0.5, 0.6) is 0 Å². The third kappa shape index (κ3) is 4.34. The van der Waals surface area contributed by atoms with Crippen molar-refractivity contribution in [1.82, 2.24) is 19.1 Å². The predicted molar refractivity (Wildman–Crippen MR) is 123 cm³/mol. The smallest absolute Gasteiger partial charge is 0.332 e. The van der Waals surface area contributed by atoms with Gasteiger partial charge in [0, 0.05) is 25.4 Å². The van der Waals surface area contributed by atoms with Crippen molar-refractivity contribution < 1.29 is 4.90 Å². The van der Waals surface area contributed by atoms with Crippen molar-refractivity contribution in [2.24, 2.45) is 14.1 Å². The summed E-state index contributed by atoms with van der Waals surface area (Å²) >= 11 is 1.56. The monoisotopic (exact) mass is 428 g/mol. The normalized spacial score (nSPS) is 11.6. The molecule has 0 unspecified atom stereocenters. The Balaban J connectivity index is 2.20. The van der Waals surface area contributed by atoms with Crippen molar-refractivity contribution in [3.05, 3.63) is 50.2 Å². The number of hydrogen-bond acceptors (Lipinski definition) is 5. The zero-order valence-corrected chi connectivity index (χ0v) is 19.4. The molecule has 0 spiro atoms. The van der Waals surface area contributed by atoms with E-state index in [1.165, 1.54) is 16.5 Å². The molecule has 0 atom stereocenters. The zero-order valence-electron chi connectivity index (χ0n) is 18.6. The molecule has 0 saturated heterocycles. The third-order valence-corrected chi connectivity index (χ3v) is 6.42. The first-order valence-electron chi connectivity index (χ1n) is 10.3. The Morgan fingerprint density at radius 1 is 0.967 bits per heavy atom. The number of quaternary nitrogens is 1. The average Bonchev–Trinajstić information content (AvgIpc) is 2.72. The molecule has 0 aliphatic heterocycles. The molecular formula is C22H30N5O2S+. The van der Waals surface area contributed by atoms with Gasteiger partial charge < -0.3 is 4.90 Å². The van der Waals surface area contributed by atoms with Crippen LogP contribution in [0.25, 0.3) is 22.4 Å². The van der Waals surface area contributed by atoms with Gasteiger partial charge in [-0.3, -0.25) is 13.9 Å². The first-order valence-corrected chi connectivity index (χ1v) is 11.3. The number of aryl methyl sites for hydroxylation is 3. The molecule has 3 rings (SSSR count). The molecule has 7 nitrogen and oxygen atoms in total. The van der Waals surface area contributed by atoms with Crippen LogP contribution in [0, 0.1) is 13.8 Å². The summed E-state index contributed by atoms with van der Waals surface area (Å²) in [6.45, 7) is 11.5. The standard InChI is InChI=1S/C22H29N5O2S/c1-7-27(8-2)9-10-30-20-17-19(25(5)22(29)26(6)21(17)28)23-18(24-20)16-12-14(3)11-15(4)13-16/h11-13H,7-10H2,1-6H3/p+1. The van der Waals surface area contributed by atoms with Gasteiger partial charge in [-0.1, -0.05) is 29.0 Å². The van der Waals surface area contributed by atoms with Crippen LogP contribution in [0.15, 0.2) is 32.8 Å². The van der Waals surface area contributed by atoms with Gasteiger partial charge in [-0.2, -0.15) is 0 Å². The molecule has 8 heteroatoms. The highest BCUT2D eigenvalue weighted by Crippen LogP contribution is 2.26. The molecule has 1 N–H and O–H groups in total. The second-order valence-electron chi connectivity index (χ2n) is 7.69. The molecule has 0 fully saturated rings. The molecule has 160 valence electrons. The van der Waals surface area contributed by atoms with Crippen LogP contribution in [-0.2, 0) is 14.1 Å². The second kappa shape index (κ2) is 9.14. The summed E-state index contributed by atoms with van der Waals surface area (Å²) in [6.07, 6.45) is 0. The Kier molecular flexibility index (Phi) is 6.77. The fourth-order valence-electron chi connectivity index (χ4n) is 3.66. The zero-order chi connectivity index (χ0) is 22.0. The fourth-order valence-corrected chi connectivity index (χ4v) is 4.72. The van der Waals surface area contributed by atoms with E-state index in [0.717, 1.165) is 46.6 Å². The maximum absolute atomic E-state index is 12.9. The Hall–Kier alpha value is -2.45. The van der Waals surface area contributed by atoms with Crippen molar-refractivity contribution in [3.63, 3.8) is 0 Å². The SMILES string of the molecule is CC[NH+](CC)CCSc1nc(-c2cc(C)cc(C)c2)nc2c1c(=O)n(C)c(=O)n2C. The van der Waals surface area contributed by atoms with Crippen molar-refractivity contribution in [3.8, 4) is 11.4 Å². The molecular weight excluding hydrogens is 398 g/mol. The minimum absolute atomic E-state index is 0.349. The molecule has 0 aliphatic rings. The lowest BCUT2D eigenvalue weighted by atomic mass is 10.1. The van der Waals surface area contributed by atoms with Crippen LogP contribution in [-0.4, -0.2) is 44.5 Å². The number of nitrogens with zero attached hydrogens (tertiary/aromatic N) is 4. The molecule has 0 aliphatic carbocycles. The second-order valence-corrected chi connectivity index (χ2v) is 8.77. The molecule has 1 aromatic carbocycles. The third-order valence-electron chi connectivity index (χ3n) is 5.44. The van der Waals surface area contributed by atoms with Gasteiger partial charge in [0.25, 0.3) is 5.56 Å². The maximum atomic E-state index is 12.9. The summed E-state index contributed by atoms with van der Waals surface area (Å²) in [6, 6.07) is 6.15. The summed E-state index contributed by atoms with van der Waals surface area (Å²) in [4.78, 5) is 36.4. The van der Waals surface area contributed by atoms with Crippen LogP contribution in [0.1, 0.15) is 25.0 Å². The maximum Gasteiger partial charge on any atom is 0.332 e. The van der Waals surface area contributed by atoms with E-state index < -0.39 is 0 Å². The Morgan fingerprint density at radius 3 is 2.20 bits per heavy atom. The van der Waals surface area contributed by atoms with E-state index in [1.54, 1.807) is 18.8 Å². The first-order chi connectivity index (χ1) is 14.3. The predicted octanol–water partition coefficient (Wildman–Crippen LogP) is 1.33. The molecule has 0 amide bonds. The van der Waals surface area contributed by atoms with Crippen LogP contribution < -0.4 is 16.1 Å². The Bertz CT molecular complexity index is 1170. The van der Waals surface area contributed by atoms with Crippen molar-refractivity contribution in [2.75, 3.05) is 25.4 Å². The van der Waals surface area contributed by atoms with Gasteiger partial charge in [0.1, 0.15) is 10.4 Å². The van der Waals surface area contributed by atoms with E-state index in [1.807, 2.05) is 26.0 Å². The molecule has 2 heterocycles. The highest BCUT2D eigenvalue weighted by Gasteiger charge is 2.19. The first kappa shape index (κ1) is 22.2. The summed E-state index contributed by atoms with van der Waals surface area (Å²) in [7, 11) is 3.15. The van der Waals surface area contributed by atoms with Gasteiger partial charge in [0.15, 0.2) is 11.5 Å². The fraction of sp³-hybridized carbons (Fsp3) is 0.455. The van der Waals surface area contributed by atoms with Gasteiger partial charge in [-0.25, -0.2) is 14.8 Å². The average molecular weight is 429 g/mol. The van der Waals surface area contributed by atoms with E-state index >= 15 is 0 Å². The summed E-state index contributed by atoms with van der Waals surface area (Å²) in [5, 5.41) is 1.05. The molecule has 0 bridgehead atoms. The summed E-state index contributed by atoms with van der Waals surface area (Å²) in [5.74, 6) is 1.37. The molecule has 30 heavy (non-hydrogen) atoms.